The molecule has 2 heterocycles. The Hall–Kier alpha value is -2.05. The highest BCUT2D eigenvalue weighted by Gasteiger charge is 2.19. The van der Waals surface area contributed by atoms with E-state index in [1.54, 1.807) is 12.4 Å². The van der Waals surface area contributed by atoms with E-state index in [2.05, 4.69) is 25.9 Å². The molecule has 0 spiro atoms. The molecule has 0 amide bonds. The van der Waals surface area contributed by atoms with Crippen LogP contribution < -0.4 is 0 Å². The topological polar surface area (TPSA) is 63.1 Å². The number of carboxylic acids is 1. The van der Waals surface area contributed by atoms with E-state index in [1.807, 2.05) is 36.4 Å². The van der Waals surface area contributed by atoms with Crippen molar-refractivity contribution >= 4 is 33.2 Å². The number of carboxylic acid groups (broad SMARTS) is 1. The number of aromatic carboxylic acids is 1. The first kappa shape index (κ1) is 13.9. The molecule has 0 aliphatic rings. The van der Waals surface area contributed by atoms with Gasteiger partial charge in [0.15, 0.2) is 0 Å². The van der Waals surface area contributed by atoms with E-state index in [1.165, 1.54) is 0 Å². The SMILES string of the molecule is O=C(O)c1sc(-c2cncc(Br)c2)nc1-c1ccccc1. The summed E-state index contributed by atoms with van der Waals surface area (Å²) in [5.74, 6) is -0.972. The van der Waals surface area contributed by atoms with Crippen LogP contribution in [0, 0.1) is 0 Å². The van der Waals surface area contributed by atoms with Crippen LogP contribution in [0.2, 0.25) is 0 Å². The van der Waals surface area contributed by atoms with Crippen molar-refractivity contribution in [3.8, 4) is 21.8 Å². The van der Waals surface area contributed by atoms with Crippen molar-refractivity contribution in [3.05, 3.63) is 58.1 Å². The summed E-state index contributed by atoms with van der Waals surface area (Å²) >= 11 is 4.51. The first-order chi connectivity index (χ1) is 10.1. The zero-order chi connectivity index (χ0) is 14.8. The zero-order valence-corrected chi connectivity index (χ0v) is 13.1. The van der Waals surface area contributed by atoms with E-state index in [0.29, 0.717) is 10.7 Å². The fourth-order valence-corrected chi connectivity index (χ4v) is 3.18. The van der Waals surface area contributed by atoms with Gasteiger partial charge < -0.3 is 5.11 Å². The second kappa shape index (κ2) is 5.75. The molecule has 2 aromatic heterocycles. The van der Waals surface area contributed by atoms with Gasteiger partial charge in [0, 0.05) is 28.0 Å². The summed E-state index contributed by atoms with van der Waals surface area (Å²) in [5, 5.41) is 10.0. The van der Waals surface area contributed by atoms with Gasteiger partial charge in [-0.15, -0.1) is 11.3 Å². The summed E-state index contributed by atoms with van der Waals surface area (Å²) in [5.41, 5.74) is 2.07. The Morgan fingerprint density at radius 1 is 1.14 bits per heavy atom. The molecular weight excluding hydrogens is 352 g/mol. The van der Waals surface area contributed by atoms with E-state index < -0.39 is 5.97 Å². The summed E-state index contributed by atoms with van der Waals surface area (Å²) in [4.78, 5) is 20.3. The fraction of sp³-hybridized carbons (Fsp3) is 0. The minimum Gasteiger partial charge on any atom is -0.477 e. The van der Waals surface area contributed by atoms with Crippen LogP contribution in [-0.4, -0.2) is 21.0 Å². The molecule has 0 saturated carbocycles. The zero-order valence-electron chi connectivity index (χ0n) is 10.7. The lowest BCUT2D eigenvalue weighted by molar-refractivity contribution is 0.0702. The lowest BCUT2D eigenvalue weighted by atomic mass is 10.1. The van der Waals surface area contributed by atoms with Gasteiger partial charge in [-0.2, -0.15) is 0 Å². The number of hydrogen-bond acceptors (Lipinski definition) is 4. The van der Waals surface area contributed by atoms with Crippen LogP contribution in [0.4, 0.5) is 0 Å². The maximum atomic E-state index is 11.5. The van der Waals surface area contributed by atoms with Crippen molar-refractivity contribution < 1.29 is 9.90 Å². The normalized spacial score (nSPS) is 10.5. The third-order valence-electron chi connectivity index (χ3n) is 2.82. The third kappa shape index (κ3) is 2.86. The molecule has 1 N–H and O–H groups in total. The highest BCUT2D eigenvalue weighted by molar-refractivity contribution is 9.10. The predicted molar refractivity (Wildman–Crippen MR) is 85.4 cm³/mol. The summed E-state index contributed by atoms with van der Waals surface area (Å²) in [6.07, 6.45) is 3.34. The number of rotatable bonds is 3. The Kier molecular flexibility index (Phi) is 3.81. The molecule has 0 radical (unpaired) electrons. The average Bonchev–Trinajstić information content (AvgIpc) is 2.93. The Balaban J connectivity index is 2.15. The standard InChI is InChI=1S/C15H9BrN2O2S/c16-11-6-10(7-17-8-11)14-18-12(13(21-14)15(19)20)9-4-2-1-3-5-9/h1-8H,(H,19,20). The summed E-state index contributed by atoms with van der Waals surface area (Å²) in [6, 6.07) is 11.2. The second-order valence-electron chi connectivity index (χ2n) is 4.26. The van der Waals surface area contributed by atoms with Crippen molar-refractivity contribution in [2.24, 2.45) is 0 Å². The van der Waals surface area contributed by atoms with Gasteiger partial charge in [0.2, 0.25) is 0 Å². The first-order valence-electron chi connectivity index (χ1n) is 6.05. The highest BCUT2D eigenvalue weighted by Crippen LogP contribution is 2.34. The maximum absolute atomic E-state index is 11.5. The number of thiazole rings is 1. The molecule has 6 heteroatoms. The molecule has 0 aliphatic carbocycles. The van der Waals surface area contributed by atoms with E-state index in [-0.39, 0.29) is 4.88 Å². The van der Waals surface area contributed by atoms with E-state index in [9.17, 15) is 9.90 Å². The number of pyridine rings is 1. The number of benzene rings is 1. The number of halogens is 1. The predicted octanol–water partition coefficient (Wildman–Crippen LogP) is 4.33. The van der Waals surface area contributed by atoms with Crippen molar-refractivity contribution in [2.75, 3.05) is 0 Å². The smallest absolute Gasteiger partial charge is 0.348 e. The van der Waals surface area contributed by atoms with Crippen molar-refractivity contribution in [3.63, 3.8) is 0 Å². The van der Waals surface area contributed by atoms with Crippen LogP contribution in [0.1, 0.15) is 9.67 Å². The van der Waals surface area contributed by atoms with Crippen LogP contribution in [0.5, 0.6) is 0 Å². The average molecular weight is 361 g/mol. The minimum atomic E-state index is -0.972. The molecule has 0 saturated heterocycles. The van der Waals surface area contributed by atoms with E-state index in [4.69, 9.17) is 0 Å². The van der Waals surface area contributed by atoms with Crippen molar-refractivity contribution in [1.29, 1.82) is 0 Å². The molecule has 0 aliphatic heterocycles. The molecule has 0 fully saturated rings. The Morgan fingerprint density at radius 2 is 1.90 bits per heavy atom. The summed E-state index contributed by atoms with van der Waals surface area (Å²) in [7, 11) is 0. The van der Waals surface area contributed by atoms with Gasteiger partial charge in [-0.3, -0.25) is 4.98 Å². The number of aromatic nitrogens is 2. The molecule has 0 atom stereocenters. The van der Waals surface area contributed by atoms with Gasteiger partial charge >= 0.3 is 5.97 Å². The number of hydrogen-bond donors (Lipinski definition) is 1. The molecule has 3 aromatic rings. The monoisotopic (exact) mass is 360 g/mol. The lowest BCUT2D eigenvalue weighted by Crippen LogP contribution is -1.95. The van der Waals surface area contributed by atoms with Gasteiger partial charge in [-0.25, -0.2) is 9.78 Å². The third-order valence-corrected chi connectivity index (χ3v) is 4.35. The van der Waals surface area contributed by atoms with E-state index in [0.717, 1.165) is 26.9 Å². The summed E-state index contributed by atoms with van der Waals surface area (Å²) < 4.78 is 0.827. The molecular formula is C15H9BrN2O2S. The van der Waals surface area contributed by atoms with Crippen LogP contribution >= 0.6 is 27.3 Å². The minimum absolute atomic E-state index is 0.233. The molecule has 0 unspecified atom stereocenters. The molecule has 104 valence electrons. The van der Waals surface area contributed by atoms with Crippen LogP contribution in [-0.2, 0) is 0 Å². The first-order valence-corrected chi connectivity index (χ1v) is 7.66. The van der Waals surface area contributed by atoms with Gasteiger partial charge in [0.25, 0.3) is 0 Å². The van der Waals surface area contributed by atoms with Crippen molar-refractivity contribution in [2.45, 2.75) is 0 Å². The fourth-order valence-electron chi connectivity index (χ4n) is 1.91. The summed E-state index contributed by atoms with van der Waals surface area (Å²) in [6.45, 7) is 0. The van der Waals surface area contributed by atoms with Crippen molar-refractivity contribution in [1.82, 2.24) is 9.97 Å². The second-order valence-corrected chi connectivity index (χ2v) is 6.17. The molecule has 4 nitrogen and oxygen atoms in total. The van der Waals surface area contributed by atoms with Gasteiger partial charge in [-0.1, -0.05) is 30.3 Å². The van der Waals surface area contributed by atoms with E-state index >= 15 is 0 Å². The Bertz CT molecular complexity index is 802. The lowest BCUT2D eigenvalue weighted by Gasteiger charge is -1.98. The highest BCUT2D eigenvalue weighted by atomic mass is 79.9. The van der Waals surface area contributed by atoms with Gasteiger partial charge in [-0.05, 0) is 22.0 Å². The maximum Gasteiger partial charge on any atom is 0.348 e. The number of nitrogens with zero attached hydrogens (tertiary/aromatic N) is 2. The molecule has 21 heavy (non-hydrogen) atoms. The Labute approximate surface area is 133 Å². The molecule has 0 bridgehead atoms. The molecule has 3 rings (SSSR count). The quantitative estimate of drug-likeness (QED) is 0.754. The van der Waals surface area contributed by atoms with Crippen LogP contribution in [0.25, 0.3) is 21.8 Å². The Morgan fingerprint density at radius 3 is 2.57 bits per heavy atom. The van der Waals surface area contributed by atoms with Crippen LogP contribution in [0.15, 0.2) is 53.3 Å². The molecule has 1 aromatic carbocycles. The largest absolute Gasteiger partial charge is 0.477 e. The number of carbonyl (C=O) groups is 1. The van der Waals surface area contributed by atoms with Gasteiger partial charge in [0.05, 0.1) is 5.69 Å². The van der Waals surface area contributed by atoms with Crippen LogP contribution in [0.3, 0.4) is 0 Å². The van der Waals surface area contributed by atoms with Gasteiger partial charge in [0.1, 0.15) is 9.88 Å².